The lowest BCUT2D eigenvalue weighted by Gasteiger charge is -2.18. The molecule has 0 amide bonds. The summed E-state index contributed by atoms with van der Waals surface area (Å²) in [5.74, 6) is -4.33. The van der Waals surface area contributed by atoms with Crippen LogP contribution in [0.5, 0.6) is 11.5 Å². The van der Waals surface area contributed by atoms with Gasteiger partial charge in [-0.25, -0.2) is 19.2 Å². The molecular formula is C40H42O8. The van der Waals surface area contributed by atoms with Crippen LogP contribution >= 0.6 is 0 Å². The number of hydrogen-bond acceptors (Lipinski definition) is 8. The van der Waals surface area contributed by atoms with Gasteiger partial charge < -0.3 is 18.9 Å². The van der Waals surface area contributed by atoms with Gasteiger partial charge in [0.25, 0.3) is 0 Å². The van der Waals surface area contributed by atoms with E-state index >= 15 is 0 Å². The van der Waals surface area contributed by atoms with Crippen molar-refractivity contribution < 1.29 is 38.1 Å². The Bertz CT molecular complexity index is 1770. The molecule has 0 atom stereocenters. The Morgan fingerprint density at radius 3 is 1.06 bits per heavy atom. The van der Waals surface area contributed by atoms with Gasteiger partial charge in [0.1, 0.15) is 35.8 Å². The van der Waals surface area contributed by atoms with Crippen molar-refractivity contribution in [2.45, 2.75) is 82.5 Å². The van der Waals surface area contributed by atoms with Gasteiger partial charge in [0.2, 0.25) is 0 Å². The Morgan fingerprint density at radius 1 is 0.438 bits per heavy atom. The fraction of sp³-hybridized carbons (Fsp3) is 0.300. The molecular weight excluding hydrogens is 608 g/mol. The number of carbonyl (C=O) groups is 4. The first-order chi connectivity index (χ1) is 22.5. The van der Waals surface area contributed by atoms with Crippen LogP contribution in [0.2, 0.25) is 0 Å². The van der Waals surface area contributed by atoms with Gasteiger partial charge in [-0.2, -0.15) is 0 Å². The van der Waals surface area contributed by atoms with Crippen LogP contribution in [-0.2, 0) is 32.3 Å². The van der Waals surface area contributed by atoms with Crippen LogP contribution in [0.4, 0.5) is 0 Å². The molecule has 0 aliphatic carbocycles. The van der Waals surface area contributed by atoms with Gasteiger partial charge in [-0.05, 0) is 114 Å². The molecule has 0 saturated heterocycles. The van der Waals surface area contributed by atoms with E-state index in [9.17, 15) is 19.2 Å². The van der Waals surface area contributed by atoms with Crippen molar-refractivity contribution in [1.29, 1.82) is 0 Å². The van der Waals surface area contributed by atoms with Crippen molar-refractivity contribution in [3.8, 4) is 11.5 Å². The van der Waals surface area contributed by atoms with E-state index in [-0.39, 0.29) is 35.8 Å². The standard InChI is InChI=1S/C40H42O8/c1-21-11-22(2)14-31(13-21)19-45-37(41)33-29(9)25(5)17-27(7)35(33)47-39(43)40(44)48-36-28(8)18-26(6)30(10)34(36)38(42)46-20-32-15-23(3)12-24(4)16-32/h11-18H,19-20H2,1-10H3. The molecule has 0 radical (unpaired) electrons. The number of carbonyl (C=O) groups excluding carboxylic acids is 4. The molecule has 0 unspecified atom stereocenters. The third kappa shape index (κ3) is 8.18. The highest BCUT2D eigenvalue weighted by atomic mass is 16.6. The van der Waals surface area contributed by atoms with Crippen molar-refractivity contribution >= 4 is 23.9 Å². The van der Waals surface area contributed by atoms with Crippen LogP contribution in [0.1, 0.15) is 87.5 Å². The molecule has 0 aliphatic rings. The predicted molar refractivity (Wildman–Crippen MR) is 183 cm³/mol. The van der Waals surface area contributed by atoms with E-state index in [4.69, 9.17) is 18.9 Å². The Morgan fingerprint density at radius 2 is 0.750 bits per heavy atom. The van der Waals surface area contributed by atoms with Crippen molar-refractivity contribution in [1.82, 2.24) is 0 Å². The zero-order chi connectivity index (χ0) is 35.4. The number of esters is 4. The molecule has 0 fully saturated rings. The summed E-state index contributed by atoms with van der Waals surface area (Å²) in [5.41, 5.74) is 9.41. The number of benzene rings is 4. The Kier molecular flexibility index (Phi) is 10.9. The van der Waals surface area contributed by atoms with Crippen LogP contribution in [0.15, 0.2) is 48.5 Å². The van der Waals surface area contributed by atoms with Crippen molar-refractivity contribution in [3.05, 3.63) is 126 Å². The highest BCUT2D eigenvalue weighted by Crippen LogP contribution is 2.33. The predicted octanol–water partition coefficient (Wildman–Crippen LogP) is 8.00. The quantitative estimate of drug-likeness (QED) is 0.107. The Balaban J connectivity index is 1.58. The van der Waals surface area contributed by atoms with E-state index in [1.54, 1.807) is 39.8 Å². The van der Waals surface area contributed by atoms with E-state index in [1.165, 1.54) is 0 Å². The maximum atomic E-state index is 13.4. The molecule has 0 saturated carbocycles. The molecule has 48 heavy (non-hydrogen) atoms. The molecule has 4 aromatic carbocycles. The van der Waals surface area contributed by atoms with Gasteiger partial charge in [-0.3, -0.25) is 0 Å². The second-order valence-electron chi connectivity index (χ2n) is 12.6. The largest absolute Gasteiger partial charge is 0.457 e. The lowest BCUT2D eigenvalue weighted by molar-refractivity contribution is -0.156. The zero-order valence-corrected chi connectivity index (χ0v) is 29.3. The van der Waals surface area contributed by atoms with Crippen LogP contribution in [-0.4, -0.2) is 23.9 Å². The third-order valence-corrected chi connectivity index (χ3v) is 8.24. The summed E-state index contributed by atoms with van der Waals surface area (Å²) in [6, 6.07) is 15.2. The Hall–Kier alpha value is -5.24. The molecule has 8 nitrogen and oxygen atoms in total. The first-order valence-electron chi connectivity index (χ1n) is 15.7. The summed E-state index contributed by atoms with van der Waals surface area (Å²) < 4.78 is 22.4. The van der Waals surface area contributed by atoms with Gasteiger partial charge >= 0.3 is 23.9 Å². The average Bonchev–Trinajstić information content (AvgIpc) is 2.99. The zero-order valence-electron chi connectivity index (χ0n) is 29.3. The first-order valence-corrected chi connectivity index (χ1v) is 15.7. The summed E-state index contributed by atoms with van der Waals surface area (Å²) >= 11 is 0. The molecule has 0 aromatic heterocycles. The normalized spacial score (nSPS) is 10.8. The van der Waals surface area contributed by atoms with E-state index in [2.05, 4.69) is 0 Å². The van der Waals surface area contributed by atoms with Crippen molar-refractivity contribution in [3.63, 3.8) is 0 Å². The minimum Gasteiger partial charge on any atom is -0.457 e. The van der Waals surface area contributed by atoms with Crippen molar-refractivity contribution in [2.75, 3.05) is 0 Å². The topological polar surface area (TPSA) is 105 Å². The van der Waals surface area contributed by atoms with E-state index < -0.39 is 23.9 Å². The van der Waals surface area contributed by atoms with Gasteiger partial charge in [0.15, 0.2) is 0 Å². The fourth-order valence-electron chi connectivity index (χ4n) is 5.90. The second kappa shape index (κ2) is 14.7. The second-order valence-corrected chi connectivity index (χ2v) is 12.6. The molecule has 0 bridgehead atoms. The fourth-order valence-corrected chi connectivity index (χ4v) is 5.90. The lowest BCUT2D eigenvalue weighted by Crippen LogP contribution is -2.28. The smallest absolute Gasteiger partial charge is 0.423 e. The highest BCUT2D eigenvalue weighted by molar-refractivity contribution is 6.31. The number of hydrogen-bond donors (Lipinski definition) is 0. The van der Waals surface area contributed by atoms with Gasteiger partial charge in [0.05, 0.1) is 0 Å². The molecule has 0 spiro atoms. The summed E-state index contributed by atoms with van der Waals surface area (Å²) in [6.07, 6.45) is 0. The van der Waals surface area contributed by atoms with Crippen LogP contribution in [0, 0.1) is 69.2 Å². The van der Waals surface area contributed by atoms with E-state index in [0.717, 1.165) is 44.5 Å². The molecule has 4 rings (SSSR count). The number of aryl methyl sites for hydroxylation is 8. The summed E-state index contributed by atoms with van der Waals surface area (Å²) in [5, 5.41) is 0. The SMILES string of the molecule is Cc1cc(C)cc(COC(=O)c2c(C)c(C)cc(C)c2OC(=O)C(=O)Oc2c(C)cc(C)c(C)c2C(=O)OCc2cc(C)cc(C)c2)c1. The third-order valence-electron chi connectivity index (χ3n) is 8.24. The van der Waals surface area contributed by atoms with E-state index in [0.29, 0.717) is 22.3 Å². The summed E-state index contributed by atoms with van der Waals surface area (Å²) in [7, 11) is 0. The molecule has 8 heteroatoms. The summed E-state index contributed by atoms with van der Waals surface area (Å²) in [4.78, 5) is 53.4. The highest BCUT2D eigenvalue weighted by Gasteiger charge is 2.30. The minimum atomic E-state index is -1.36. The van der Waals surface area contributed by atoms with Gasteiger partial charge in [-0.15, -0.1) is 0 Å². The molecule has 0 aliphatic heterocycles. The van der Waals surface area contributed by atoms with Crippen molar-refractivity contribution in [2.24, 2.45) is 0 Å². The number of ether oxygens (including phenoxy) is 4. The van der Waals surface area contributed by atoms with Crippen LogP contribution < -0.4 is 9.47 Å². The maximum absolute atomic E-state index is 13.4. The van der Waals surface area contributed by atoms with E-state index in [1.807, 2.05) is 77.9 Å². The maximum Gasteiger partial charge on any atom is 0.423 e. The van der Waals surface area contributed by atoms with Crippen LogP contribution in [0.3, 0.4) is 0 Å². The minimum absolute atomic E-state index is 0.0115. The van der Waals surface area contributed by atoms with Gasteiger partial charge in [0, 0.05) is 0 Å². The van der Waals surface area contributed by atoms with Gasteiger partial charge in [-0.1, -0.05) is 70.8 Å². The lowest BCUT2D eigenvalue weighted by atomic mass is 9.98. The molecule has 0 heterocycles. The monoisotopic (exact) mass is 650 g/mol. The number of rotatable bonds is 8. The average molecular weight is 651 g/mol. The molecule has 250 valence electrons. The molecule has 4 aromatic rings. The van der Waals surface area contributed by atoms with Crippen LogP contribution in [0.25, 0.3) is 0 Å². The summed E-state index contributed by atoms with van der Waals surface area (Å²) in [6.45, 7) is 18.3. The Labute approximate surface area is 282 Å². The first kappa shape index (κ1) is 35.6. The molecule has 0 N–H and O–H groups in total.